The van der Waals surface area contributed by atoms with Crippen molar-refractivity contribution in [2.45, 2.75) is 44.6 Å². The van der Waals surface area contributed by atoms with Crippen LogP contribution in [0.4, 0.5) is 0 Å². The van der Waals surface area contributed by atoms with Gasteiger partial charge < -0.3 is 10.1 Å². The molecular formula is C21H27ClN2O4S. The zero-order chi connectivity index (χ0) is 21.7. The first-order chi connectivity index (χ1) is 13.5. The van der Waals surface area contributed by atoms with E-state index in [1.54, 1.807) is 20.8 Å². The number of carbonyl (C=O) groups is 1. The number of ether oxygens (including phenoxy) is 1. The van der Waals surface area contributed by atoms with Crippen molar-refractivity contribution in [1.29, 1.82) is 0 Å². The smallest absolute Gasteiger partial charge is 0.251 e. The Bertz CT molecular complexity index is 969. The lowest BCUT2D eigenvalue weighted by atomic mass is 10.1. The van der Waals surface area contributed by atoms with E-state index in [4.69, 9.17) is 16.3 Å². The molecule has 2 aromatic rings. The molecule has 6 nitrogen and oxygen atoms in total. The summed E-state index contributed by atoms with van der Waals surface area (Å²) in [4.78, 5) is 12.3. The third-order valence-electron chi connectivity index (χ3n) is 3.79. The first-order valence-electron chi connectivity index (χ1n) is 9.29. The fraction of sp³-hybridized carbons (Fsp3) is 0.381. The molecule has 2 aromatic carbocycles. The van der Waals surface area contributed by atoms with Crippen LogP contribution < -0.4 is 14.8 Å². The van der Waals surface area contributed by atoms with Gasteiger partial charge in [0.1, 0.15) is 10.6 Å². The number of sulfonamides is 1. The van der Waals surface area contributed by atoms with Crippen molar-refractivity contribution in [3.8, 4) is 5.75 Å². The fourth-order valence-corrected chi connectivity index (χ4v) is 4.53. The highest BCUT2D eigenvalue weighted by molar-refractivity contribution is 7.89. The third kappa shape index (κ3) is 7.34. The largest absolute Gasteiger partial charge is 0.494 e. The van der Waals surface area contributed by atoms with E-state index in [1.807, 2.05) is 31.2 Å². The zero-order valence-electron chi connectivity index (χ0n) is 17.1. The summed E-state index contributed by atoms with van der Waals surface area (Å²) < 4.78 is 33.3. The molecule has 1 amide bonds. The molecule has 0 bridgehead atoms. The lowest BCUT2D eigenvalue weighted by Gasteiger charge is -2.21. The van der Waals surface area contributed by atoms with Crippen LogP contribution in [0, 0.1) is 6.92 Å². The van der Waals surface area contributed by atoms with E-state index >= 15 is 0 Å². The number of amides is 1. The number of rotatable bonds is 8. The van der Waals surface area contributed by atoms with Crippen LogP contribution in [0.15, 0.2) is 47.4 Å². The summed E-state index contributed by atoms with van der Waals surface area (Å²) in [6.45, 7) is 8.04. The van der Waals surface area contributed by atoms with Crippen LogP contribution in [0.5, 0.6) is 5.75 Å². The standard InChI is InChI=1S/C21H27ClN2O4S/c1-15-7-5-8-17(13-15)28-12-6-11-23-20(25)16-9-10-18(22)19(14-16)29(26,27)24-21(2,3)4/h5,7-10,13-14,24H,6,11-12H2,1-4H3,(H,23,25). The van der Waals surface area contributed by atoms with Crippen molar-refractivity contribution < 1.29 is 17.9 Å². The van der Waals surface area contributed by atoms with Crippen LogP contribution in [0.2, 0.25) is 5.02 Å². The van der Waals surface area contributed by atoms with Gasteiger partial charge in [0, 0.05) is 17.6 Å². The zero-order valence-corrected chi connectivity index (χ0v) is 18.7. The van der Waals surface area contributed by atoms with Crippen molar-refractivity contribution in [1.82, 2.24) is 10.0 Å². The Morgan fingerprint density at radius 2 is 1.86 bits per heavy atom. The molecule has 0 aliphatic heterocycles. The molecule has 0 atom stereocenters. The Hall–Kier alpha value is -2.09. The summed E-state index contributed by atoms with van der Waals surface area (Å²) in [7, 11) is -3.85. The Balaban J connectivity index is 1.94. The first-order valence-corrected chi connectivity index (χ1v) is 11.2. The van der Waals surface area contributed by atoms with Gasteiger partial charge in [0.2, 0.25) is 10.0 Å². The fourth-order valence-electron chi connectivity index (χ4n) is 2.58. The molecule has 2 N–H and O–H groups in total. The maximum atomic E-state index is 12.6. The Morgan fingerprint density at radius 3 is 2.52 bits per heavy atom. The van der Waals surface area contributed by atoms with Crippen molar-refractivity contribution >= 4 is 27.5 Å². The lowest BCUT2D eigenvalue weighted by Crippen LogP contribution is -2.40. The molecule has 0 heterocycles. The van der Waals surface area contributed by atoms with Crippen molar-refractivity contribution in [3.05, 3.63) is 58.6 Å². The maximum Gasteiger partial charge on any atom is 0.251 e. The topological polar surface area (TPSA) is 84.5 Å². The van der Waals surface area contributed by atoms with Gasteiger partial charge in [-0.25, -0.2) is 13.1 Å². The first kappa shape index (κ1) is 23.2. The van der Waals surface area contributed by atoms with Crippen LogP contribution in [0.25, 0.3) is 0 Å². The van der Waals surface area contributed by atoms with Gasteiger partial charge in [-0.05, 0) is 70.0 Å². The van der Waals surface area contributed by atoms with Gasteiger partial charge in [-0.15, -0.1) is 0 Å². The summed E-state index contributed by atoms with van der Waals surface area (Å²) in [6, 6.07) is 11.9. The molecule has 0 aliphatic rings. The number of carbonyl (C=O) groups excluding carboxylic acids is 1. The van der Waals surface area contributed by atoms with E-state index in [9.17, 15) is 13.2 Å². The quantitative estimate of drug-likeness (QED) is 0.611. The number of hydrogen-bond donors (Lipinski definition) is 2. The second-order valence-corrected chi connectivity index (χ2v) is 9.83. The minimum absolute atomic E-state index is 0.0601. The van der Waals surface area contributed by atoms with Gasteiger partial charge in [-0.3, -0.25) is 4.79 Å². The van der Waals surface area contributed by atoms with Gasteiger partial charge in [0.25, 0.3) is 5.91 Å². The van der Waals surface area contributed by atoms with Crippen LogP contribution in [0.1, 0.15) is 43.1 Å². The highest BCUT2D eigenvalue weighted by atomic mass is 35.5. The van der Waals surface area contributed by atoms with Gasteiger partial charge >= 0.3 is 0 Å². The van der Waals surface area contributed by atoms with Gasteiger partial charge in [0.05, 0.1) is 11.6 Å². The molecule has 0 radical (unpaired) electrons. The molecule has 0 spiro atoms. The average Bonchev–Trinajstić information content (AvgIpc) is 2.59. The van der Waals surface area contributed by atoms with E-state index < -0.39 is 15.6 Å². The molecule has 158 valence electrons. The maximum absolute atomic E-state index is 12.6. The number of benzene rings is 2. The molecule has 0 aliphatic carbocycles. The minimum atomic E-state index is -3.85. The molecule has 0 saturated heterocycles. The van der Waals surface area contributed by atoms with Crippen molar-refractivity contribution in [3.63, 3.8) is 0 Å². The molecule has 8 heteroatoms. The Morgan fingerprint density at radius 1 is 1.14 bits per heavy atom. The third-order valence-corrected chi connectivity index (χ3v) is 6.03. The van der Waals surface area contributed by atoms with Crippen LogP contribution in [-0.2, 0) is 10.0 Å². The van der Waals surface area contributed by atoms with Crippen LogP contribution >= 0.6 is 11.6 Å². The summed E-state index contributed by atoms with van der Waals surface area (Å²) in [5, 5.41) is 2.83. The molecule has 29 heavy (non-hydrogen) atoms. The molecule has 2 rings (SSSR count). The van der Waals surface area contributed by atoms with Gasteiger partial charge in [0.15, 0.2) is 0 Å². The van der Waals surface area contributed by atoms with Gasteiger partial charge in [-0.2, -0.15) is 0 Å². The summed E-state index contributed by atoms with van der Waals surface area (Å²) in [5.74, 6) is 0.416. The Kier molecular flexibility index (Phi) is 7.68. The molecule has 0 aromatic heterocycles. The monoisotopic (exact) mass is 438 g/mol. The van der Waals surface area contributed by atoms with Gasteiger partial charge in [-0.1, -0.05) is 23.7 Å². The summed E-state index contributed by atoms with van der Waals surface area (Å²) in [6.07, 6.45) is 0.615. The highest BCUT2D eigenvalue weighted by Crippen LogP contribution is 2.24. The van der Waals surface area contributed by atoms with E-state index in [0.29, 0.717) is 19.6 Å². The number of nitrogens with one attached hydrogen (secondary N) is 2. The molecular weight excluding hydrogens is 412 g/mol. The van der Waals surface area contributed by atoms with E-state index in [0.717, 1.165) is 11.3 Å². The minimum Gasteiger partial charge on any atom is -0.494 e. The molecule has 0 unspecified atom stereocenters. The summed E-state index contributed by atoms with van der Waals surface area (Å²) in [5.41, 5.74) is 0.672. The SMILES string of the molecule is Cc1cccc(OCCCNC(=O)c2ccc(Cl)c(S(=O)(=O)NC(C)(C)C)c2)c1. The van der Waals surface area contributed by atoms with E-state index in [2.05, 4.69) is 10.0 Å². The van der Waals surface area contributed by atoms with Crippen molar-refractivity contribution in [2.24, 2.45) is 0 Å². The normalized spacial score (nSPS) is 11.9. The lowest BCUT2D eigenvalue weighted by molar-refractivity contribution is 0.0951. The number of halogens is 1. The number of hydrogen-bond acceptors (Lipinski definition) is 4. The van der Waals surface area contributed by atoms with Crippen LogP contribution in [0.3, 0.4) is 0 Å². The second kappa shape index (κ2) is 9.61. The van der Waals surface area contributed by atoms with E-state index in [-0.39, 0.29) is 21.4 Å². The predicted molar refractivity (Wildman–Crippen MR) is 115 cm³/mol. The van der Waals surface area contributed by atoms with Crippen molar-refractivity contribution in [2.75, 3.05) is 13.2 Å². The van der Waals surface area contributed by atoms with Crippen LogP contribution in [-0.4, -0.2) is 33.0 Å². The van der Waals surface area contributed by atoms with E-state index in [1.165, 1.54) is 18.2 Å². The molecule has 0 fully saturated rings. The highest BCUT2D eigenvalue weighted by Gasteiger charge is 2.25. The second-order valence-electron chi connectivity index (χ2n) is 7.78. The Labute approximate surface area is 177 Å². The predicted octanol–water partition coefficient (Wildman–Crippen LogP) is 3.92. The average molecular weight is 439 g/mol. The number of aryl methyl sites for hydroxylation is 1. The molecule has 0 saturated carbocycles. The summed E-state index contributed by atoms with van der Waals surface area (Å²) >= 11 is 6.06.